The molecule has 0 aliphatic rings. The molecule has 0 saturated heterocycles. The van der Waals surface area contributed by atoms with Crippen molar-refractivity contribution in [2.45, 2.75) is 0 Å². The SMILES string of the molecule is N=C(N=C(N)N)S/C=C\C(=O)c1ccccc1. The summed E-state index contributed by atoms with van der Waals surface area (Å²) in [5, 5.41) is 8.73. The molecule has 0 heterocycles. The molecule has 0 aromatic heterocycles. The number of nitrogens with one attached hydrogen (secondary N) is 1. The van der Waals surface area contributed by atoms with E-state index in [0.29, 0.717) is 5.56 Å². The van der Waals surface area contributed by atoms with Gasteiger partial charge in [0.15, 0.2) is 16.9 Å². The van der Waals surface area contributed by atoms with E-state index in [-0.39, 0.29) is 16.9 Å². The first kappa shape index (κ1) is 13.0. The van der Waals surface area contributed by atoms with Gasteiger partial charge in [-0.3, -0.25) is 10.2 Å². The van der Waals surface area contributed by atoms with Crippen LogP contribution in [0.3, 0.4) is 0 Å². The molecule has 1 aromatic rings. The normalized spacial score (nSPS) is 10.1. The molecule has 0 bridgehead atoms. The van der Waals surface area contributed by atoms with E-state index in [2.05, 4.69) is 4.99 Å². The van der Waals surface area contributed by atoms with Crippen molar-refractivity contribution < 1.29 is 4.79 Å². The Hall–Kier alpha value is -2.08. The molecule has 5 N–H and O–H groups in total. The van der Waals surface area contributed by atoms with Gasteiger partial charge in [0.2, 0.25) is 0 Å². The third kappa shape index (κ3) is 4.98. The molecule has 0 atom stereocenters. The van der Waals surface area contributed by atoms with Gasteiger partial charge in [0.05, 0.1) is 0 Å². The van der Waals surface area contributed by atoms with Crippen LogP contribution in [0.5, 0.6) is 0 Å². The first-order valence-corrected chi connectivity index (χ1v) is 5.58. The van der Waals surface area contributed by atoms with Gasteiger partial charge in [-0.05, 0) is 11.5 Å². The summed E-state index contributed by atoms with van der Waals surface area (Å²) in [5.41, 5.74) is 10.8. The van der Waals surface area contributed by atoms with Crippen LogP contribution in [0.4, 0.5) is 0 Å². The van der Waals surface area contributed by atoms with E-state index in [0.717, 1.165) is 11.8 Å². The topological polar surface area (TPSA) is 105 Å². The van der Waals surface area contributed by atoms with Crippen molar-refractivity contribution in [2.75, 3.05) is 0 Å². The van der Waals surface area contributed by atoms with Gasteiger partial charge in [0.25, 0.3) is 0 Å². The average molecular weight is 248 g/mol. The summed E-state index contributed by atoms with van der Waals surface area (Å²) in [4.78, 5) is 15.1. The largest absolute Gasteiger partial charge is 0.370 e. The summed E-state index contributed by atoms with van der Waals surface area (Å²) in [6, 6.07) is 8.85. The number of nitrogens with zero attached hydrogens (tertiary/aromatic N) is 1. The Bertz CT molecular complexity index is 464. The van der Waals surface area contributed by atoms with E-state index < -0.39 is 0 Å². The van der Waals surface area contributed by atoms with Gasteiger partial charge in [-0.25, -0.2) is 0 Å². The van der Waals surface area contributed by atoms with Crippen LogP contribution in [0.1, 0.15) is 10.4 Å². The Kier molecular flexibility index (Phi) is 4.96. The van der Waals surface area contributed by atoms with E-state index in [4.69, 9.17) is 16.9 Å². The van der Waals surface area contributed by atoms with Gasteiger partial charge < -0.3 is 11.5 Å². The number of guanidine groups is 1. The highest BCUT2D eigenvalue weighted by molar-refractivity contribution is 8.16. The molecule has 5 nitrogen and oxygen atoms in total. The summed E-state index contributed by atoms with van der Waals surface area (Å²) >= 11 is 0.962. The number of carbonyl (C=O) groups is 1. The quantitative estimate of drug-likeness (QED) is 0.324. The van der Waals surface area contributed by atoms with Crippen LogP contribution >= 0.6 is 11.8 Å². The number of hydrogen-bond acceptors (Lipinski definition) is 3. The molecular formula is C11H12N4OS. The molecule has 1 aromatic carbocycles. The molecule has 1 rings (SSSR count). The molecule has 0 saturated carbocycles. The molecule has 6 heteroatoms. The van der Waals surface area contributed by atoms with Gasteiger partial charge in [0, 0.05) is 5.56 Å². The first-order chi connectivity index (χ1) is 8.09. The second-order valence-corrected chi connectivity index (χ2v) is 3.89. The number of carbonyl (C=O) groups excluding carboxylic acids is 1. The zero-order valence-electron chi connectivity index (χ0n) is 8.96. The first-order valence-electron chi connectivity index (χ1n) is 4.70. The zero-order chi connectivity index (χ0) is 12.7. The van der Waals surface area contributed by atoms with Crippen LogP contribution in [-0.2, 0) is 0 Å². The monoisotopic (exact) mass is 248 g/mol. The lowest BCUT2D eigenvalue weighted by Crippen LogP contribution is -2.23. The lowest BCUT2D eigenvalue weighted by atomic mass is 10.1. The Balaban J connectivity index is 2.53. The second-order valence-electron chi connectivity index (χ2n) is 2.99. The molecule has 0 aliphatic heterocycles. The smallest absolute Gasteiger partial charge is 0.193 e. The molecule has 88 valence electrons. The van der Waals surface area contributed by atoms with Crippen molar-refractivity contribution in [3.8, 4) is 0 Å². The number of ketones is 1. The molecule has 0 spiro atoms. The van der Waals surface area contributed by atoms with Gasteiger partial charge in [0.1, 0.15) is 0 Å². The van der Waals surface area contributed by atoms with Gasteiger partial charge in [-0.15, -0.1) is 0 Å². The van der Waals surface area contributed by atoms with E-state index in [1.165, 1.54) is 11.5 Å². The Labute approximate surface area is 103 Å². The Morgan fingerprint density at radius 3 is 2.53 bits per heavy atom. The van der Waals surface area contributed by atoms with Crippen LogP contribution in [0, 0.1) is 5.41 Å². The minimum absolute atomic E-state index is 0.0675. The molecule has 0 fully saturated rings. The summed E-state index contributed by atoms with van der Waals surface area (Å²) < 4.78 is 0. The molecule has 0 amide bonds. The van der Waals surface area contributed by atoms with Gasteiger partial charge in [-0.2, -0.15) is 4.99 Å². The van der Waals surface area contributed by atoms with Crippen molar-refractivity contribution in [3.63, 3.8) is 0 Å². The minimum Gasteiger partial charge on any atom is -0.370 e. The van der Waals surface area contributed by atoms with Crippen LogP contribution in [0.15, 0.2) is 46.8 Å². The lowest BCUT2D eigenvalue weighted by Gasteiger charge is -1.94. The molecule has 0 radical (unpaired) electrons. The summed E-state index contributed by atoms with van der Waals surface area (Å²) in [5.74, 6) is -0.305. The standard InChI is InChI=1S/C11H12N4OS/c12-10(13)15-11(14)17-7-6-9(16)8-4-2-1-3-5-8/h1-7H,(H5,12,13,14,15)/b7-6-. The highest BCUT2D eigenvalue weighted by Crippen LogP contribution is 2.07. The fourth-order valence-electron chi connectivity index (χ4n) is 1.00. The van der Waals surface area contributed by atoms with Gasteiger partial charge >= 0.3 is 0 Å². The number of allylic oxidation sites excluding steroid dienone is 1. The van der Waals surface area contributed by atoms with Crippen LogP contribution in [-0.4, -0.2) is 16.9 Å². The Morgan fingerprint density at radius 1 is 1.29 bits per heavy atom. The third-order valence-corrected chi connectivity index (χ3v) is 2.27. The molecule has 0 unspecified atom stereocenters. The maximum Gasteiger partial charge on any atom is 0.193 e. The zero-order valence-corrected chi connectivity index (χ0v) is 9.78. The molecule has 0 aliphatic carbocycles. The molecular weight excluding hydrogens is 236 g/mol. The average Bonchev–Trinajstić information content (AvgIpc) is 2.29. The van der Waals surface area contributed by atoms with Crippen LogP contribution < -0.4 is 11.5 Å². The summed E-state index contributed by atoms with van der Waals surface area (Å²) in [7, 11) is 0. The fourth-order valence-corrected chi connectivity index (χ4v) is 1.48. The summed E-state index contributed by atoms with van der Waals surface area (Å²) in [6.07, 6.45) is 1.37. The van der Waals surface area contributed by atoms with Crippen LogP contribution in [0.2, 0.25) is 0 Å². The van der Waals surface area contributed by atoms with E-state index in [1.807, 2.05) is 6.07 Å². The highest BCUT2D eigenvalue weighted by atomic mass is 32.2. The predicted molar refractivity (Wildman–Crippen MR) is 71.0 cm³/mol. The summed E-state index contributed by atoms with van der Waals surface area (Å²) in [6.45, 7) is 0. The van der Waals surface area contributed by atoms with E-state index in [1.54, 1.807) is 24.3 Å². The second kappa shape index (κ2) is 6.49. The van der Waals surface area contributed by atoms with E-state index >= 15 is 0 Å². The third-order valence-electron chi connectivity index (χ3n) is 1.69. The maximum absolute atomic E-state index is 11.6. The number of aliphatic imine (C=N–C) groups is 1. The number of amidine groups is 1. The van der Waals surface area contributed by atoms with Crippen LogP contribution in [0.25, 0.3) is 0 Å². The van der Waals surface area contributed by atoms with E-state index in [9.17, 15) is 4.79 Å². The molecule has 17 heavy (non-hydrogen) atoms. The maximum atomic E-state index is 11.6. The lowest BCUT2D eigenvalue weighted by molar-refractivity contribution is 0.104. The van der Waals surface area contributed by atoms with Crippen molar-refractivity contribution in [1.29, 1.82) is 5.41 Å². The predicted octanol–water partition coefficient (Wildman–Crippen LogP) is 1.32. The van der Waals surface area contributed by atoms with Crippen molar-refractivity contribution >= 4 is 28.7 Å². The number of thioether (sulfide) groups is 1. The minimum atomic E-state index is -0.176. The van der Waals surface area contributed by atoms with Crippen molar-refractivity contribution in [2.24, 2.45) is 16.5 Å². The van der Waals surface area contributed by atoms with Gasteiger partial charge in [-0.1, -0.05) is 42.1 Å². The van der Waals surface area contributed by atoms with Crippen molar-refractivity contribution in [3.05, 3.63) is 47.4 Å². The number of rotatable bonds is 3. The number of nitrogens with two attached hydrogens (primary N) is 2. The fraction of sp³-hybridized carbons (Fsp3) is 0. The number of benzene rings is 1. The highest BCUT2D eigenvalue weighted by Gasteiger charge is 1.99. The Morgan fingerprint density at radius 2 is 1.94 bits per heavy atom. The van der Waals surface area contributed by atoms with Crippen molar-refractivity contribution in [1.82, 2.24) is 0 Å². The number of hydrogen-bond donors (Lipinski definition) is 3.